The van der Waals surface area contributed by atoms with E-state index in [9.17, 15) is 0 Å². The van der Waals surface area contributed by atoms with Crippen molar-refractivity contribution in [2.24, 2.45) is 5.73 Å². The number of likely N-dealkylation sites (N-methyl/N-ethyl adjacent to an activating group) is 1. The molecule has 1 aliphatic heterocycles. The highest BCUT2D eigenvalue weighted by Crippen LogP contribution is 2.16. The summed E-state index contributed by atoms with van der Waals surface area (Å²) in [6, 6.07) is 8.59. The van der Waals surface area contributed by atoms with Gasteiger partial charge in [-0.25, -0.2) is 0 Å². The van der Waals surface area contributed by atoms with Gasteiger partial charge >= 0.3 is 0 Å². The molecule has 3 heteroatoms. The first-order valence-corrected chi connectivity index (χ1v) is 6.52. The van der Waals surface area contributed by atoms with Gasteiger partial charge in [0.15, 0.2) is 0 Å². The molecule has 0 saturated carbocycles. The predicted molar refractivity (Wildman–Crippen MR) is 75.4 cm³/mol. The van der Waals surface area contributed by atoms with Crippen LogP contribution in [0.1, 0.15) is 19.4 Å². The van der Waals surface area contributed by atoms with E-state index < -0.39 is 0 Å². The summed E-state index contributed by atoms with van der Waals surface area (Å²) < 4.78 is 0. The quantitative estimate of drug-likeness (QED) is 0.850. The van der Waals surface area contributed by atoms with Gasteiger partial charge < -0.3 is 15.5 Å². The zero-order valence-electron chi connectivity index (χ0n) is 11.3. The highest BCUT2D eigenvalue weighted by Gasteiger charge is 2.13. The van der Waals surface area contributed by atoms with Crippen LogP contribution in [0.4, 0.5) is 5.69 Å². The number of piperazine rings is 1. The molecule has 0 aromatic heterocycles. The van der Waals surface area contributed by atoms with E-state index in [1.165, 1.54) is 11.3 Å². The average molecular weight is 235 g/mol. The molecule has 0 aliphatic carbocycles. The van der Waals surface area contributed by atoms with Gasteiger partial charge in [-0.2, -0.15) is 0 Å². The van der Waals surface area contributed by atoms with Gasteiger partial charge in [-0.3, -0.25) is 0 Å². The van der Waals surface area contributed by atoms with Gasteiger partial charge in [-0.15, -0.1) is 0 Å². The van der Waals surface area contributed by atoms with Crippen molar-refractivity contribution >= 4 is 5.69 Å². The van der Waals surface area contributed by atoms with Crippen LogP contribution in [-0.2, 0) is 6.54 Å². The molecule has 3 nitrogen and oxygen atoms in total. The summed E-state index contributed by atoms with van der Waals surface area (Å²) in [5, 5.41) is 0. The molecule has 0 amide bonds. The lowest BCUT2D eigenvalue weighted by molar-refractivity contribution is 0.313. The van der Waals surface area contributed by atoms with Gasteiger partial charge in [0.25, 0.3) is 0 Å². The average Bonchev–Trinajstić information content (AvgIpc) is 2.42. The van der Waals surface area contributed by atoms with Gasteiger partial charge in [-0.1, -0.05) is 26.0 Å². The number of benzene rings is 1. The summed E-state index contributed by atoms with van der Waals surface area (Å²) in [7, 11) is 2.18. The van der Waals surface area contributed by atoms with E-state index in [4.69, 9.17) is 5.73 Å². The zero-order chi connectivity index (χ0) is 12.7. The molecule has 1 aliphatic rings. The molecule has 1 fully saturated rings. The first-order chi connectivity index (χ1) is 8.29. The summed E-state index contributed by atoms with van der Waals surface area (Å²) in [5.41, 5.74) is 8.10. The van der Waals surface area contributed by atoms with Gasteiger partial charge in [0, 0.05) is 38.4 Å². The number of hydrogen-bond donors (Lipinski definition) is 1. The number of nitrogens with two attached hydrogens (primary N) is 1. The lowest BCUT2D eigenvalue weighted by Gasteiger charge is -2.34. The maximum absolute atomic E-state index is 5.58. The minimum atomic E-state index is 0.628. The van der Waals surface area contributed by atoms with Crippen molar-refractivity contribution in [1.29, 1.82) is 0 Å². The van der Waals surface area contributed by atoms with Crippen LogP contribution in [-0.4, -0.2) is 38.1 Å². The standard InChI is InChI=1S/C12H19N3.C2H6/c1-14-6-8-15(9-7-14)12-4-2-11(10-13)3-5-12;1-2/h2-5H,6-10,13H2,1H3;1-2H3. The Labute approximate surface area is 105 Å². The number of rotatable bonds is 2. The molecule has 0 bridgehead atoms. The summed E-state index contributed by atoms with van der Waals surface area (Å²) in [5.74, 6) is 0. The summed E-state index contributed by atoms with van der Waals surface area (Å²) in [4.78, 5) is 4.80. The van der Waals surface area contributed by atoms with E-state index in [0.29, 0.717) is 6.54 Å². The third kappa shape index (κ3) is 4.02. The van der Waals surface area contributed by atoms with E-state index in [2.05, 4.69) is 41.1 Å². The Morgan fingerprint density at radius 3 is 2.00 bits per heavy atom. The van der Waals surface area contributed by atoms with Crippen LogP contribution >= 0.6 is 0 Å². The van der Waals surface area contributed by atoms with Crippen LogP contribution in [0.3, 0.4) is 0 Å². The predicted octanol–water partition coefficient (Wildman–Crippen LogP) is 1.92. The van der Waals surface area contributed by atoms with Crippen LogP contribution < -0.4 is 10.6 Å². The number of nitrogens with zero attached hydrogens (tertiary/aromatic N) is 2. The van der Waals surface area contributed by atoms with E-state index in [-0.39, 0.29) is 0 Å². The Morgan fingerprint density at radius 1 is 1.00 bits per heavy atom. The Morgan fingerprint density at radius 2 is 1.53 bits per heavy atom. The largest absolute Gasteiger partial charge is 0.369 e. The molecule has 0 atom stereocenters. The van der Waals surface area contributed by atoms with Crippen LogP contribution in [0.2, 0.25) is 0 Å². The first kappa shape index (κ1) is 14.0. The maximum atomic E-state index is 5.58. The second kappa shape index (κ2) is 7.30. The molecule has 1 aromatic rings. The summed E-state index contributed by atoms with van der Waals surface area (Å²) in [6.45, 7) is 9.18. The van der Waals surface area contributed by atoms with Crippen molar-refractivity contribution in [3.05, 3.63) is 29.8 Å². The fourth-order valence-electron chi connectivity index (χ4n) is 1.91. The molecule has 2 rings (SSSR count). The lowest BCUT2D eigenvalue weighted by Crippen LogP contribution is -2.44. The molecule has 17 heavy (non-hydrogen) atoms. The normalized spacial score (nSPS) is 16.4. The van der Waals surface area contributed by atoms with Gasteiger partial charge in [-0.05, 0) is 24.7 Å². The second-order valence-corrected chi connectivity index (χ2v) is 4.16. The molecular weight excluding hydrogens is 210 g/mol. The maximum Gasteiger partial charge on any atom is 0.0367 e. The number of hydrogen-bond acceptors (Lipinski definition) is 3. The number of anilines is 1. The molecule has 1 heterocycles. The van der Waals surface area contributed by atoms with E-state index in [1.54, 1.807) is 0 Å². The van der Waals surface area contributed by atoms with Crippen molar-refractivity contribution in [2.45, 2.75) is 20.4 Å². The molecule has 2 N–H and O–H groups in total. The molecule has 0 radical (unpaired) electrons. The minimum absolute atomic E-state index is 0.628. The Bertz CT molecular complexity index is 300. The molecule has 1 saturated heterocycles. The fraction of sp³-hybridized carbons (Fsp3) is 0.571. The SMILES string of the molecule is CC.CN1CCN(c2ccc(CN)cc2)CC1. The molecule has 1 aromatic carbocycles. The third-order valence-electron chi connectivity index (χ3n) is 3.04. The molecular formula is C14H25N3. The van der Waals surface area contributed by atoms with E-state index >= 15 is 0 Å². The summed E-state index contributed by atoms with van der Waals surface area (Å²) >= 11 is 0. The smallest absolute Gasteiger partial charge is 0.0367 e. The Hall–Kier alpha value is -1.06. The topological polar surface area (TPSA) is 32.5 Å². The van der Waals surface area contributed by atoms with Gasteiger partial charge in [0.05, 0.1) is 0 Å². The summed E-state index contributed by atoms with van der Waals surface area (Å²) in [6.07, 6.45) is 0. The van der Waals surface area contributed by atoms with Crippen molar-refractivity contribution in [1.82, 2.24) is 4.90 Å². The third-order valence-corrected chi connectivity index (χ3v) is 3.04. The van der Waals surface area contributed by atoms with Gasteiger partial charge in [0.1, 0.15) is 0 Å². The minimum Gasteiger partial charge on any atom is -0.369 e. The van der Waals surface area contributed by atoms with Crippen LogP contribution in [0.25, 0.3) is 0 Å². The van der Waals surface area contributed by atoms with Crippen molar-refractivity contribution in [2.75, 3.05) is 38.1 Å². The van der Waals surface area contributed by atoms with Gasteiger partial charge in [0.2, 0.25) is 0 Å². The van der Waals surface area contributed by atoms with E-state index in [1.807, 2.05) is 13.8 Å². The van der Waals surface area contributed by atoms with Crippen LogP contribution in [0.5, 0.6) is 0 Å². The molecule has 0 unspecified atom stereocenters. The first-order valence-electron chi connectivity index (χ1n) is 6.52. The lowest BCUT2D eigenvalue weighted by atomic mass is 10.2. The van der Waals surface area contributed by atoms with E-state index in [0.717, 1.165) is 26.2 Å². The zero-order valence-corrected chi connectivity index (χ0v) is 11.3. The van der Waals surface area contributed by atoms with Crippen molar-refractivity contribution < 1.29 is 0 Å². The molecule has 96 valence electrons. The molecule has 0 spiro atoms. The Kier molecular flexibility index (Phi) is 6.01. The van der Waals surface area contributed by atoms with Crippen LogP contribution in [0, 0.1) is 0 Å². The van der Waals surface area contributed by atoms with Crippen LogP contribution in [0.15, 0.2) is 24.3 Å². The highest BCUT2D eigenvalue weighted by atomic mass is 15.2. The monoisotopic (exact) mass is 235 g/mol. The van der Waals surface area contributed by atoms with Crippen molar-refractivity contribution in [3.63, 3.8) is 0 Å². The Balaban J connectivity index is 0.000000686. The highest BCUT2D eigenvalue weighted by molar-refractivity contribution is 5.48. The fourth-order valence-corrected chi connectivity index (χ4v) is 1.91. The van der Waals surface area contributed by atoms with Crippen molar-refractivity contribution in [3.8, 4) is 0 Å². The second-order valence-electron chi connectivity index (χ2n) is 4.16.